The van der Waals surface area contributed by atoms with E-state index in [4.69, 9.17) is 9.84 Å². The highest BCUT2D eigenvalue weighted by Crippen LogP contribution is 2.29. The molecule has 6 nitrogen and oxygen atoms in total. The number of methoxy groups -OCH3 is 1. The molecular weight excluding hydrogens is 373 g/mol. The fourth-order valence-corrected chi connectivity index (χ4v) is 3.32. The molecular formula is C22H26FN3O3. The molecule has 3 rings (SSSR count). The van der Waals surface area contributed by atoms with E-state index in [0.29, 0.717) is 30.9 Å². The van der Waals surface area contributed by atoms with Gasteiger partial charge in [0.05, 0.1) is 31.7 Å². The second-order valence-corrected chi connectivity index (χ2v) is 6.81. The summed E-state index contributed by atoms with van der Waals surface area (Å²) in [6.45, 7) is 3.29. The number of benzene rings is 2. The lowest BCUT2D eigenvalue weighted by molar-refractivity contribution is 0.156. The van der Waals surface area contributed by atoms with E-state index in [1.54, 1.807) is 16.8 Å². The first-order chi connectivity index (χ1) is 14.1. The second-order valence-electron chi connectivity index (χ2n) is 6.81. The number of aryl methyl sites for hydroxylation is 1. The molecule has 0 bridgehead atoms. The minimum atomic E-state index is -0.455. The number of ether oxygens (including phenoxy) is 1. The Morgan fingerprint density at radius 1 is 1.10 bits per heavy atom. The third kappa shape index (κ3) is 4.82. The van der Waals surface area contributed by atoms with Gasteiger partial charge in [-0.1, -0.05) is 18.2 Å². The molecule has 1 aromatic heterocycles. The van der Waals surface area contributed by atoms with Crippen LogP contribution in [0.5, 0.6) is 5.75 Å². The third-order valence-corrected chi connectivity index (χ3v) is 4.80. The van der Waals surface area contributed by atoms with E-state index in [1.807, 2.05) is 42.3 Å². The van der Waals surface area contributed by atoms with Gasteiger partial charge >= 0.3 is 0 Å². The topological polar surface area (TPSA) is 70.8 Å². The molecule has 0 atom stereocenters. The van der Waals surface area contributed by atoms with Gasteiger partial charge in [0.1, 0.15) is 0 Å². The summed E-state index contributed by atoms with van der Waals surface area (Å²) in [4.78, 5) is 1.93. The molecule has 2 N–H and O–H groups in total. The smallest absolute Gasteiger partial charge is 0.165 e. The van der Waals surface area contributed by atoms with Crippen molar-refractivity contribution >= 4 is 0 Å². The zero-order chi connectivity index (χ0) is 20.8. The molecule has 0 aliphatic carbocycles. The molecule has 0 spiro atoms. The number of halogens is 1. The fourth-order valence-electron chi connectivity index (χ4n) is 3.32. The van der Waals surface area contributed by atoms with Crippen LogP contribution in [-0.2, 0) is 6.54 Å². The van der Waals surface area contributed by atoms with Gasteiger partial charge in [-0.2, -0.15) is 5.10 Å². The molecule has 0 radical (unpaired) electrons. The van der Waals surface area contributed by atoms with Gasteiger partial charge < -0.3 is 14.9 Å². The summed E-state index contributed by atoms with van der Waals surface area (Å²) in [5, 5.41) is 23.4. The minimum absolute atomic E-state index is 0.0154. The standard InChI is InChI=1S/C22H26FN3O3/c1-16-5-3-4-6-20(16)26-15-18(14-25(9-11-27)10-12-28)22(24-26)17-7-8-21(29-2)19(23)13-17/h3-8,13,15,27-28H,9-12,14H2,1-2H3. The summed E-state index contributed by atoms with van der Waals surface area (Å²) >= 11 is 0. The molecule has 0 unspecified atom stereocenters. The lowest BCUT2D eigenvalue weighted by Crippen LogP contribution is -2.29. The van der Waals surface area contributed by atoms with Gasteiger partial charge in [0.2, 0.25) is 0 Å². The number of aliphatic hydroxyl groups excluding tert-OH is 2. The molecule has 0 amide bonds. The largest absolute Gasteiger partial charge is 0.494 e. The van der Waals surface area contributed by atoms with Gasteiger partial charge in [0.15, 0.2) is 11.6 Å². The van der Waals surface area contributed by atoms with Crippen molar-refractivity contribution < 1.29 is 19.3 Å². The SMILES string of the molecule is COc1ccc(-c2nn(-c3ccccc3C)cc2CN(CCO)CCO)cc1F. The molecule has 7 heteroatoms. The Bertz CT molecular complexity index is 952. The van der Waals surface area contributed by atoms with Crippen LogP contribution < -0.4 is 4.74 Å². The monoisotopic (exact) mass is 399 g/mol. The van der Waals surface area contributed by atoms with Crippen molar-refractivity contribution in [2.45, 2.75) is 13.5 Å². The highest BCUT2D eigenvalue weighted by molar-refractivity contribution is 5.64. The zero-order valence-electron chi connectivity index (χ0n) is 16.7. The molecule has 0 aliphatic heterocycles. The molecule has 1 heterocycles. The van der Waals surface area contributed by atoms with E-state index in [-0.39, 0.29) is 19.0 Å². The maximum absolute atomic E-state index is 14.3. The second kappa shape index (κ2) is 9.65. The molecule has 0 aliphatic rings. The molecule has 2 aromatic carbocycles. The van der Waals surface area contributed by atoms with E-state index in [9.17, 15) is 14.6 Å². The van der Waals surface area contributed by atoms with Crippen molar-refractivity contribution in [1.29, 1.82) is 0 Å². The van der Waals surface area contributed by atoms with Crippen molar-refractivity contribution in [3.05, 3.63) is 65.6 Å². The number of hydrogen-bond acceptors (Lipinski definition) is 5. The van der Waals surface area contributed by atoms with E-state index in [0.717, 1.165) is 16.8 Å². The Hall–Kier alpha value is -2.74. The first-order valence-electron chi connectivity index (χ1n) is 9.50. The highest BCUT2D eigenvalue weighted by atomic mass is 19.1. The Morgan fingerprint density at radius 2 is 1.83 bits per heavy atom. The Kier molecular flexibility index (Phi) is 6.98. The van der Waals surface area contributed by atoms with Crippen LogP contribution in [0.1, 0.15) is 11.1 Å². The van der Waals surface area contributed by atoms with Gasteiger partial charge in [-0.15, -0.1) is 0 Å². The Labute approximate surface area is 169 Å². The average Bonchev–Trinajstić information content (AvgIpc) is 3.12. The molecule has 3 aromatic rings. The van der Waals surface area contributed by atoms with E-state index in [1.165, 1.54) is 13.2 Å². The maximum atomic E-state index is 14.3. The van der Waals surface area contributed by atoms with E-state index in [2.05, 4.69) is 0 Å². The summed E-state index contributed by atoms with van der Waals surface area (Å²) in [6, 6.07) is 12.7. The predicted molar refractivity (Wildman–Crippen MR) is 110 cm³/mol. The first-order valence-corrected chi connectivity index (χ1v) is 9.50. The predicted octanol–water partition coefficient (Wildman–Crippen LogP) is 2.78. The molecule has 29 heavy (non-hydrogen) atoms. The van der Waals surface area contributed by atoms with Crippen LogP contribution in [-0.4, -0.2) is 58.3 Å². The van der Waals surface area contributed by atoms with Crippen LogP contribution in [0.2, 0.25) is 0 Å². The maximum Gasteiger partial charge on any atom is 0.165 e. The average molecular weight is 399 g/mol. The summed E-state index contributed by atoms with van der Waals surface area (Å²) in [5.74, 6) is -0.278. The third-order valence-electron chi connectivity index (χ3n) is 4.80. The zero-order valence-corrected chi connectivity index (χ0v) is 16.7. The summed E-state index contributed by atoms with van der Waals surface area (Å²) in [6.07, 6.45) is 1.92. The highest BCUT2D eigenvalue weighted by Gasteiger charge is 2.17. The van der Waals surface area contributed by atoms with Crippen LogP contribution in [0.15, 0.2) is 48.7 Å². The molecule has 0 saturated carbocycles. The van der Waals surface area contributed by atoms with Crippen LogP contribution in [0.25, 0.3) is 16.9 Å². The molecule has 0 fully saturated rings. The van der Waals surface area contributed by atoms with Gasteiger partial charge in [0.25, 0.3) is 0 Å². The van der Waals surface area contributed by atoms with Crippen molar-refractivity contribution in [3.8, 4) is 22.7 Å². The van der Waals surface area contributed by atoms with Gasteiger partial charge in [-0.05, 0) is 36.8 Å². The van der Waals surface area contributed by atoms with E-state index >= 15 is 0 Å². The van der Waals surface area contributed by atoms with Crippen LogP contribution in [0, 0.1) is 12.7 Å². The van der Waals surface area contributed by atoms with Crippen molar-refractivity contribution in [2.75, 3.05) is 33.4 Å². The van der Waals surface area contributed by atoms with E-state index < -0.39 is 5.82 Å². The van der Waals surface area contributed by atoms with Crippen LogP contribution in [0.4, 0.5) is 4.39 Å². The number of hydrogen-bond donors (Lipinski definition) is 2. The normalized spacial score (nSPS) is 11.2. The van der Waals surface area contributed by atoms with Crippen molar-refractivity contribution in [3.63, 3.8) is 0 Å². The number of rotatable bonds is 9. The fraction of sp³-hybridized carbons (Fsp3) is 0.318. The quantitative estimate of drug-likeness (QED) is 0.579. The first kappa shape index (κ1) is 21.0. The number of aromatic nitrogens is 2. The van der Waals surface area contributed by atoms with Crippen LogP contribution >= 0.6 is 0 Å². The minimum Gasteiger partial charge on any atom is -0.494 e. The Morgan fingerprint density at radius 3 is 2.45 bits per heavy atom. The van der Waals surface area contributed by atoms with Crippen molar-refractivity contribution in [2.24, 2.45) is 0 Å². The summed E-state index contributed by atoms with van der Waals surface area (Å²) in [7, 11) is 1.43. The van der Waals surface area contributed by atoms with Gasteiger partial charge in [-0.25, -0.2) is 9.07 Å². The Balaban J connectivity index is 2.07. The lowest BCUT2D eigenvalue weighted by atomic mass is 10.1. The number of para-hydroxylation sites is 1. The number of nitrogens with zero attached hydrogens (tertiary/aromatic N) is 3. The van der Waals surface area contributed by atoms with Gasteiger partial charge in [-0.3, -0.25) is 4.90 Å². The lowest BCUT2D eigenvalue weighted by Gasteiger charge is -2.19. The summed E-state index contributed by atoms with van der Waals surface area (Å²) in [5.41, 5.74) is 4.16. The van der Waals surface area contributed by atoms with Crippen LogP contribution in [0.3, 0.4) is 0 Å². The number of aliphatic hydroxyl groups is 2. The molecule has 154 valence electrons. The molecule has 0 saturated heterocycles. The van der Waals surface area contributed by atoms with Crippen molar-refractivity contribution in [1.82, 2.24) is 14.7 Å². The summed E-state index contributed by atoms with van der Waals surface area (Å²) < 4.78 is 21.1. The van der Waals surface area contributed by atoms with Gasteiger partial charge in [0, 0.05) is 37.0 Å².